The molecule has 8 aliphatic rings. The molecule has 0 saturated heterocycles. The normalized spacial score (nSPS) is 25.9. The monoisotopic (exact) mass is 1130 g/mol. The molecular weight excluding hydrogens is 1050 g/mol. The van der Waals surface area contributed by atoms with Gasteiger partial charge in [0.2, 0.25) is 0 Å². The van der Waals surface area contributed by atoms with E-state index in [0.717, 1.165) is 17.1 Å². The van der Waals surface area contributed by atoms with Crippen LogP contribution < -0.4 is 31.1 Å². The molecule has 85 heavy (non-hydrogen) atoms. The molecule has 5 heteroatoms. The first-order valence-electron chi connectivity index (χ1n) is 32.4. The third-order valence-electron chi connectivity index (χ3n) is 24.3. The lowest BCUT2D eigenvalue weighted by Crippen LogP contribution is -2.61. The fourth-order valence-corrected chi connectivity index (χ4v) is 20.5. The first kappa shape index (κ1) is 52.5. The van der Waals surface area contributed by atoms with Gasteiger partial charge in [0, 0.05) is 50.2 Å². The fraction of sp³-hybridized carbons (Fsp3) is 0.375. The first-order chi connectivity index (χ1) is 40.5. The zero-order valence-corrected chi connectivity index (χ0v) is 53.2. The van der Waals surface area contributed by atoms with E-state index in [2.05, 4.69) is 267 Å². The summed E-state index contributed by atoms with van der Waals surface area (Å²) in [5.74, 6) is 0. The van der Waals surface area contributed by atoms with Gasteiger partial charge in [0.1, 0.15) is 0 Å². The lowest BCUT2D eigenvalue weighted by Gasteiger charge is -2.46. The SMILES string of the molecule is CC1(C)CCC(C)(C)c2cc(N3c4cc5c(cc4B4c6c3cc(-c3ccc(N(c7ccccc7)c7ccccc7)cc3)cc6N(c3ccc6c(c3)C(C)(C)CCC6(C)C)c3sc6cc7c(cc6c34)C3(C)CCC7(C)C3)C3(C)CCC5(C)C3)ccc21. The smallest absolute Gasteiger partial charge is 0.254 e. The number of fused-ring (bicyclic) bond motifs is 18. The predicted molar refractivity (Wildman–Crippen MR) is 364 cm³/mol. The molecule has 426 valence electrons. The topological polar surface area (TPSA) is 9.72 Å². The number of rotatable bonds is 6. The van der Waals surface area contributed by atoms with Gasteiger partial charge in [-0.15, -0.1) is 11.3 Å². The quantitative estimate of drug-likeness (QED) is 0.154. The zero-order chi connectivity index (χ0) is 58.3. The van der Waals surface area contributed by atoms with E-state index in [1.165, 1.54) is 158 Å². The molecule has 4 unspecified atom stereocenters. The molecule has 2 fully saturated rings. The van der Waals surface area contributed by atoms with Crippen molar-refractivity contribution in [2.45, 2.75) is 191 Å². The summed E-state index contributed by atoms with van der Waals surface area (Å²) in [6.45, 7) is 30.3. The van der Waals surface area contributed by atoms with Crippen molar-refractivity contribution in [3.05, 3.63) is 202 Å². The highest BCUT2D eigenvalue weighted by Crippen LogP contribution is 2.64. The van der Waals surface area contributed by atoms with Gasteiger partial charge in [-0.3, -0.25) is 0 Å². The summed E-state index contributed by atoms with van der Waals surface area (Å²) in [5.41, 5.74) is 30.3. The van der Waals surface area contributed by atoms with Gasteiger partial charge in [0.15, 0.2) is 0 Å². The Morgan fingerprint density at radius 2 is 0.812 bits per heavy atom. The van der Waals surface area contributed by atoms with E-state index in [4.69, 9.17) is 0 Å². The number of nitrogens with zero attached hydrogens (tertiary/aromatic N) is 3. The minimum atomic E-state index is 0.0276. The predicted octanol–water partition coefficient (Wildman–Crippen LogP) is 20.2. The average molecular weight is 1130 g/mol. The van der Waals surface area contributed by atoms with Crippen LogP contribution in [0, 0.1) is 0 Å². The van der Waals surface area contributed by atoms with Crippen LogP contribution in [0.4, 0.5) is 50.5 Å². The summed E-state index contributed by atoms with van der Waals surface area (Å²) in [6, 6.07) is 62.9. The molecule has 0 radical (unpaired) electrons. The Morgan fingerprint density at radius 1 is 0.365 bits per heavy atom. The molecule has 3 nitrogen and oxygen atoms in total. The largest absolute Gasteiger partial charge is 0.311 e. The van der Waals surface area contributed by atoms with Crippen LogP contribution in [-0.4, -0.2) is 6.71 Å². The average Bonchev–Trinajstić information content (AvgIpc) is 1.65. The zero-order valence-electron chi connectivity index (χ0n) is 52.4. The van der Waals surface area contributed by atoms with Crippen LogP contribution in [-0.2, 0) is 43.3 Å². The molecule has 0 spiro atoms. The van der Waals surface area contributed by atoms with Gasteiger partial charge in [-0.2, -0.15) is 0 Å². The van der Waals surface area contributed by atoms with E-state index in [9.17, 15) is 0 Å². The van der Waals surface area contributed by atoms with Crippen LogP contribution in [0.5, 0.6) is 0 Å². The second kappa shape index (κ2) is 17.0. The van der Waals surface area contributed by atoms with Crippen LogP contribution in [0.2, 0.25) is 0 Å². The lowest BCUT2D eigenvalue weighted by atomic mass is 9.33. The van der Waals surface area contributed by atoms with E-state index in [1.807, 2.05) is 0 Å². The lowest BCUT2D eigenvalue weighted by molar-refractivity contribution is 0.332. The van der Waals surface area contributed by atoms with Gasteiger partial charge in [0.25, 0.3) is 6.71 Å². The molecule has 8 aromatic carbocycles. The highest BCUT2D eigenvalue weighted by Gasteiger charge is 2.57. The first-order valence-corrected chi connectivity index (χ1v) is 33.2. The van der Waals surface area contributed by atoms with Gasteiger partial charge in [0.05, 0.1) is 5.00 Å². The van der Waals surface area contributed by atoms with E-state index in [1.54, 1.807) is 22.3 Å². The summed E-state index contributed by atoms with van der Waals surface area (Å²) >= 11 is 2.08. The van der Waals surface area contributed by atoms with Crippen molar-refractivity contribution < 1.29 is 0 Å². The Bertz CT molecular complexity index is 4320. The highest BCUT2D eigenvalue weighted by atomic mass is 32.1. The van der Waals surface area contributed by atoms with Crippen molar-refractivity contribution in [2.24, 2.45) is 0 Å². The molecule has 6 aliphatic carbocycles. The molecule has 1 aromatic heterocycles. The van der Waals surface area contributed by atoms with E-state index in [-0.39, 0.29) is 50.0 Å². The van der Waals surface area contributed by atoms with Crippen molar-refractivity contribution in [2.75, 3.05) is 14.7 Å². The Morgan fingerprint density at radius 3 is 1.34 bits per heavy atom. The molecule has 2 aliphatic heterocycles. The maximum Gasteiger partial charge on any atom is 0.254 e. The van der Waals surface area contributed by atoms with Gasteiger partial charge >= 0.3 is 0 Å². The van der Waals surface area contributed by atoms with Crippen LogP contribution >= 0.6 is 11.3 Å². The summed E-state index contributed by atoms with van der Waals surface area (Å²) in [4.78, 5) is 7.97. The van der Waals surface area contributed by atoms with Crippen molar-refractivity contribution in [1.82, 2.24) is 0 Å². The second-order valence-electron chi connectivity index (χ2n) is 31.8. The number of thiophene rings is 1. The van der Waals surface area contributed by atoms with E-state index >= 15 is 0 Å². The number of hydrogen-bond acceptors (Lipinski definition) is 4. The molecule has 17 rings (SSSR count). The Balaban J connectivity index is 0.979. The van der Waals surface area contributed by atoms with Crippen molar-refractivity contribution in [3.8, 4) is 11.1 Å². The summed E-state index contributed by atoms with van der Waals surface area (Å²) in [6.07, 6.45) is 12.3. The minimum absolute atomic E-state index is 0.0276. The number of para-hydroxylation sites is 2. The van der Waals surface area contributed by atoms with Crippen molar-refractivity contribution in [1.29, 1.82) is 0 Å². The Kier molecular flexibility index (Phi) is 10.5. The highest BCUT2D eigenvalue weighted by molar-refractivity contribution is 7.26. The third-order valence-corrected chi connectivity index (χ3v) is 25.4. The van der Waals surface area contributed by atoms with Gasteiger partial charge in [-0.05, 0) is 276 Å². The van der Waals surface area contributed by atoms with Gasteiger partial charge in [-0.1, -0.05) is 150 Å². The number of benzene rings is 8. The van der Waals surface area contributed by atoms with Gasteiger partial charge in [-0.25, -0.2) is 0 Å². The molecule has 0 amide bonds. The molecule has 9 aromatic rings. The summed E-state index contributed by atoms with van der Waals surface area (Å²) in [7, 11) is 0. The molecular formula is C80H82BN3S. The standard InChI is InChI=1S/C80H82BN3S/c1-73(2)31-33-75(5,6)59-41-54(27-29-57(59)73)83-66-45-63-62(78(10)36-37-79(63,11)48-78)44-65(66)81-70-56-43-61-64(80(12)38-35-77(61,9)47-80)46-69(56)85-72(70)84(55-28-30-58-60(42-55)76(7,8)34-32-74(58,3)4)68-40-50(39-67(83)71(68)81)49-23-25-53(26-24-49)82(51-19-15-13-16-20-51)52-21-17-14-18-22-52/h13-30,39-46H,31-38,47-48H2,1-12H3. The van der Waals surface area contributed by atoms with Crippen LogP contribution in [0.1, 0.15) is 192 Å². The van der Waals surface area contributed by atoms with Crippen LogP contribution in [0.15, 0.2) is 158 Å². The maximum atomic E-state index is 2.80. The molecule has 0 N–H and O–H groups in total. The Labute approximate surface area is 510 Å². The number of hydrogen-bond donors (Lipinski definition) is 0. The van der Waals surface area contributed by atoms with E-state index in [0.29, 0.717) is 0 Å². The van der Waals surface area contributed by atoms with E-state index < -0.39 is 0 Å². The number of anilines is 9. The third kappa shape index (κ3) is 7.26. The minimum Gasteiger partial charge on any atom is -0.311 e. The van der Waals surface area contributed by atoms with Crippen molar-refractivity contribution in [3.63, 3.8) is 0 Å². The Hall–Kier alpha value is -6.82. The van der Waals surface area contributed by atoms with Crippen LogP contribution in [0.3, 0.4) is 0 Å². The maximum absolute atomic E-state index is 2.80. The summed E-state index contributed by atoms with van der Waals surface area (Å²) in [5, 5.41) is 2.87. The van der Waals surface area contributed by atoms with Crippen LogP contribution in [0.25, 0.3) is 21.2 Å². The van der Waals surface area contributed by atoms with Gasteiger partial charge < -0.3 is 14.7 Å². The van der Waals surface area contributed by atoms with Crippen molar-refractivity contribution >= 4 is 95.0 Å². The molecule has 3 heterocycles. The molecule has 4 bridgehead atoms. The second-order valence-corrected chi connectivity index (χ2v) is 32.9. The molecule has 2 saturated carbocycles. The molecule has 4 atom stereocenters. The fourth-order valence-electron chi connectivity index (χ4n) is 19.2. The summed E-state index contributed by atoms with van der Waals surface area (Å²) < 4.78 is 1.44.